The molecule has 1 nitrogen and oxygen atoms in total. The highest BCUT2D eigenvalue weighted by molar-refractivity contribution is 5.65. The molecule has 0 saturated carbocycles. The molecule has 0 fully saturated rings. The summed E-state index contributed by atoms with van der Waals surface area (Å²) in [4.78, 5) is 9.77. The first kappa shape index (κ1) is 10.1. The molecular weight excluding hydrogens is 143 g/mol. The number of halogens is 1. The van der Waals surface area contributed by atoms with Gasteiger partial charge in [0.1, 0.15) is 12.1 Å². The molecule has 0 bridgehead atoms. The van der Waals surface area contributed by atoms with Gasteiger partial charge in [-0.25, -0.2) is 4.39 Å². The Bertz CT molecular complexity index is 159. The average molecular weight is 156 g/mol. The maximum absolute atomic E-state index is 12.4. The van der Waals surface area contributed by atoms with Crippen LogP contribution < -0.4 is 0 Å². The Morgan fingerprint density at radius 3 is 2.82 bits per heavy atom. The van der Waals surface area contributed by atoms with Gasteiger partial charge in [-0.2, -0.15) is 0 Å². The van der Waals surface area contributed by atoms with E-state index in [1.165, 1.54) is 0 Å². The summed E-state index contributed by atoms with van der Waals surface area (Å²) in [5.41, 5.74) is 0. The van der Waals surface area contributed by atoms with E-state index in [-0.39, 0.29) is 5.83 Å². The minimum absolute atomic E-state index is 0.329. The maximum Gasteiger partial charge on any atom is 0.145 e. The SMILES string of the molecule is CC=CCCC/C(F)=C/C=O. The van der Waals surface area contributed by atoms with Crippen LogP contribution >= 0.6 is 0 Å². The molecule has 0 aliphatic rings. The highest BCUT2D eigenvalue weighted by atomic mass is 19.1. The second kappa shape index (κ2) is 7.19. The average Bonchev–Trinajstić information content (AvgIpc) is 1.99. The van der Waals surface area contributed by atoms with Crippen molar-refractivity contribution in [1.29, 1.82) is 0 Å². The number of hydrogen-bond donors (Lipinski definition) is 0. The lowest BCUT2D eigenvalue weighted by molar-refractivity contribution is -0.104. The fourth-order valence-corrected chi connectivity index (χ4v) is 0.713. The molecule has 0 aromatic heterocycles. The monoisotopic (exact) mass is 156 g/mol. The van der Waals surface area contributed by atoms with E-state index in [4.69, 9.17) is 0 Å². The Kier molecular flexibility index (Phi) is 6.59. The Morgan fingerprint density at radius 2 is 2.27 bits per heavy atom. The predicted octanol–water partition coefficient (Wildman–Crippen LogP) is 2.79. The standard InChI is InChI=1S/C9H13FO/c1-2-3-4-5-6-9(10)7-8-11/h2-3,7-8H,4-6H2,1H3/b3-2?,9-7-. The Balaban J connectivity index is 3.38. The molecule has 0 aromatic carbocycles. The molecule has 0 heterocycles. The van der Waals surface area contributed by atoms with Gasteiger partial charge < -0.3 is 0 Å². The minimum atomic E-state index is -0.329. The summed E-state index contributed by atoms with van der Waals surface area (Å²) in [5.74, 6) is -0.329. The van der Waals surface area contributed by atoms with Crippen molar-refractivity contribution < 1.29 is 9.18 Å². The molecule has 0 saturated heterocycles. The van der Waals surface area contributed by atoms with Crippen LogP contribution in [-0.2, 0) is 4.79 Å². The minimum Gasteiger partial charge on any atom is -0.298 e. The summed E-state index contributed by atoms with van der Waals surface area (Å²) in [5, 5.41) is 0. The van der Waals surface area contributed by atoms with Crippen LogP contribution in [0.5, 0.6) is 0 Å². The summed E-state index contributed by atoms with van der Waals surface area (Å²) in [7, 11) is 0. The number of unbranched alkanes of at least 4 members (excludes halogenated alkanes) is 1. The van der Waals surface area contributed by atoms with Crippen molar-refractivity contribution in [2.24, 2.45) is 0 Å². The van der Waals surface area contributed by atoms with E-state index >= 15 is 0 Å². The molecule has 0 spiro atoms. The van der Waals surface area contributed by atoms with E-state index in [9.17, 15) is 9.18 Å². The molecule has 0 unspecified atom stereocenters. The molecule has 62 valence electrons. The van der Waals surface area contributed by atoms with Crippen molar-refractivity contribution in [3.63, 3.8) is 0 Å². The third-order valence-corrected chi connectivity index (χ3v) is 1.27. The van der Waals surface area contributed by atoms with Crippen LogP contribution in [0.2, 0.25) is 0 Å². The Morgan fingerprint density at radius 1 is 1.55 bits per heavy atom. The second-order valence-electron chi connectivity index (χ2n) is 2.21. The van der Waals surface area contributed by atoms with E-state index in [1.807, 2.05) is 19.1 Å². The highest BCUT2D eigenvalue weighted by Gasteiger charge is 1.91. The third-order valence-electron chi connectivity index (χ3n) is 1.27. The molecule has 0 atom stereocenters. The summed E-state index contributed by atoms with van der Waals surface area (Å²) >= 11 is 0. The van der Waals surface area contributed by atoms with Gasteiger partial charge in [-0.3, -0.25) is 4.79 Å². The highest BCUT2D eigenvalue weighted by Crippen LogP contribution is 2.07. The second-order valence-corrected chi connectivity index (χ2v) is 2.21. The van der Waals surface area contributed by atoms with Gasteiger partial charge in [0.15, 0.2) is 0 Å². The van der Waals surface area contributed by atoms with Gasteiger partial charge in [0, 0.05) is 6.08 Å². The molecule has 0 aromatic rings. The fourth-order valence-electron chi connectivity index (χ4n) is 0.713. The zero-order chi connectivity index (χ0) is 8.53. The van der Waals surface area contributed by atoms with Gasteiger partial charge in [-0.15, -0.1) is 0 Å². The van der Waals surface area contributed by atoms with Crippen LogP contribution in [0.15, 0.2) is 24.1 Å². The van der Waals surface area contributed by atoms with Crippen molar-refractivity contribution in [3.05, 3.63) is 24.1 Å². The lowest BCUT2D eigenvalue weighted by Gasteiger charge is -1.91. The third kappa shape index (κ3) is 6.97. The fraction of sp³-hybridized carbons (Fsp3) is 0.444. The van der Waals surface area contributed by atoms with Crippen molar-refractivity contribution in [1.82, 2.24) is 0 Å². The van der Waals surface area contributed by atoms with Crippen LogP contribution in [0.25, 0.3) is 0 Å². The maximum atomic E-state index is 12.4. The van der Waals surface area contributed by atoms with Crippen LogP contribution in [-0.4, -0.2) is 6.29 Å². The largest absolute Gasteiger partial charge is 0.298 e. The first-order chi connectivity index (χ1) is 5.31. The summed E-state index contributed by atoms with van der Waals surface area (Å²) in [6.45, 7) is 1.93. The number of carbonyl (C=O) groups excluding carboxylic acids is 1. The van der Waals surface area contributed by atoms with Crippen LogP contribution in [0.1, 0.15) is 26.2 Å². The van der Waals surface area contributed by atoms with Crippen molar-refractivity contribution in [2.45, 2.75) is 26.2 Å². The van der Waals surface area contributed by atoms with Gasteiger partial charge in [0.05, 0.1) is 0 Å². The topological polar surface area (TPSA) is 17.1 Å². The smallest absolute Gasteiger partial charge is 0.145 e. The lowest BCUT2D eigenvalue weighted by Crippen LogP contribution is -1.76. The number of carbonyl (C=O) groups is 1. The van der Waals surface area contributed by atoms with Gasteiger partial charge in [0.25, 0.3) is 0 Å². The molecular formula is C9H13FO. The molecule has 0 aliphatic heterocycles. The Labute approximate surface area is 66.6 Å². The summed E-state index contributed by atoms with van der Waals surface area (Å²) in [6, 6.07) is 0. The molecule has 11 heavy (non-hydrogen) atoms. The molecule has 0 aliphatic carbocycles. The molecule has 2 heteroatoms. The van der Waals surface area contributed by atoms with Crippen molar-refractivity contribution in [3.8, 4) is 0 Å². The number of hydrogen-bond acceptors (Lipinski definition) is 1. The zero-order valence-electron chi connectivity index (χ0n) is 6.72. The Hall–Kier alpha value is -0.920. The van der Waals surface area contributed by atoms with Crippen molar-refractivity contribution >= 4 is 6.29 Å². The summed E-state index contributed by atoms with van der Waals surface area (Å²) in [6.07, 6.45) is 7.36. The van der Waals surface area contributed by atoms with Gasteiger partial charge >= 0.3 is 0 Å². The summed E-state index contributed by atoms with van der Waals surface area (Å²) < 4.78 is 12.4. The molecule has 0 rings (SSSR count). The number of allylic oxidation sites excluding steroid dienone is 4. The number of rotatable bonds is 5. The van der Waals surface area contributed by atoms with E-state index in [0.29, 0.717) is 12.7 Å². The first-order valence-corrected chi connectivity index (χ1v) is 3.72. The van der Waals surface area contributed by atoms with E-state index in [0.717, 1.165) is 18.9 Å². The van der Waals surface area contributed by atoms with Gasteiger partial charge in [0.2, 0.25) is 0 Å². The number of aldehydes is 1. The van der Waals surface area contributed by atoms with Crippen LogP contribution in [0, 0.1) is 0 Å². The van der Waals surface area contributed by atoms with Gasteiger partial charge in [-0.1, -0.05) is 12.2 Å². The van der Waals surface area contributed by atoms with E-state index in [1.54, 1.807) is 0 Å². The van der Waals surface area contributed by atoms with Crippen LogP contribution in [0.3, 0.4) is 0 Å². The molecule has 0 radical (unpaired) electrons. The van der Waals surface area contributed by atoms with Crippen LogP contribution in [0.4, 0.5) is 4.39 Å². The first-order valence-electron chi connectivity index (χ1n) is 3.72. The predicted molar refractivity (Wildman–Crippen MR) is 43.9 cm³/mol. The van der Waals surface area contributed by atoms with Crippen molar-refractivity contribution in [2.75, 3.05) is 0 Å². The lowest BCUT2D eigenvalue weighted by atomic mass is 10.2. The molecule has 0 N–H and O–H groups in total. The normalized spacial score (nSPS) is 12.4. The van der Waals surface area contributed by atoms with E-state index < -0.39 is 0 Å². The van der Waals surface area contributed by atoms with Gasteiger partial charge in [-0.05, 0) is 26.2 Å². The van der Waals surface area contributed by atoms with E-state index in [2.05, 4.69) is 0 Å². The quantitative estimate of drug-likeness (QED) is 0.259. The molecule has 0 amide bonds. The zero-order valence-corrected chi connectivity index (χ0v) is 6.72.